The first-order valence-corrected chi connectivity index (χ1v) is 8.23. The van der Waals surface area contributed by atoms with E-state index < -0.39 is 0 Å². The number of pyridine rings is 1. The second-order valence-electron chi connectivity index (χ2n) is 6.30. The summed E-state index contributed by atoms with van der Waals surface area (Å²) in [5.74, 6) is 5.70. The van der Waals surface area contributed by atoms with E-state index in [1.165, 1.54) is 0 Å². The van der Waals surface area contributed by atoms with Crippen LogP contribution in [0.5, 0.6) is 0 Å². The molecule has 2 heterocycles. The number of hydrazone groups is 1. The number of aryl methyl sites for hydroxylation is 1. The maximum atomic E-state index is 11.9. The molecule has 1 saturated heterocycles. The number of benzene rings is 1. The summed E-state index contributed by atoms with van der Waals surface area (Å²) in [6, 6.07) is 9.58. The van der Waals surface area contributed by atoms with E-state index in [0.717, 1.165) is 27.5 Å². The van der Waals surface area contributed by atoms with Gasteiger partial charge in [0, 0.05) is 24.5 Å². The van der Waals surface area contributed by atoms with Crippen LogP contribution < -0.4 is 16.5 Å². The molecule has 8 nitrogen and oxygen atoms in total. The van der Waals surface area contributed by atoms with E-state index in [9.17, 15) is 4.79 Å². The molecule has 0 spiro atoms. The Morgan fingerprint density at radius 2 is 2.15 bits per heavy atom. The summed E-state index contributed by atoms with van der Waals surface area (Å²) < 4.78 is 5.19. The minimum absolute atomic E-state index is 0.0982. The van der Waals surface area contributed by atoms with Gasteiger partial charge in [0.25, 0.3) is 0 Å². The smallest absolute Gasteiger partial charge is 0.414 e. The number of ether oxygens (including phenoxy) is 1. The van der Waals surface area contributed by atoms with Crippen molar-refractivity contribution in [2.24, 2.45) is 16.7 Å². The SMILES string of the molecule is Cc1cc(N2C[C@H](C)OC2=O)ccc1-c1ccc(/C(N)=N/N(C)N)nc1. The maximum absolute atomic E-state index is 11.9. The first-order valence-electron chi connectivity index (χ1n) is 8.23. The molecule has 1 atom stereocenters. The number of nitrogens with two attached hydrogens (primary N) is 2. The molecule has 4 N–H and O–H groups in total. The first kappa shape index (κ1) is 17.7. The van der Waals surface area contributed by atoms with E-state index in [1.54, 1.807) is 24.2 Å². The van der Waals surface area contributed by atoms with Crippen LogP contribution in [0.4, 0.5) is 10.5 Å². The fourth-order valence-corrected chi connectivity index (χ4v) is 2.88. The first-order chi connectivity index (χ1) is 12.3. The molecule has 8 heteroatoms. The monoisotopic (exact) mass is 354 g/mol. The van der Waals surface area contributed by atoms with E-state index in [2.05, 4.69) is 10.1 Å². The third-order valence-corrected chi connectivity index (χ3v) is 4.09. The minimum atomic E-state index is -0.310. The van der Waals surface area contributed by atoms with Crippen LogP contribution in [0.1, 0.15) is 18.2 Å². The summed E-state index contributed by atoms with van der Waals surface area (Å²) >= 11 is 0. The van der Waals surface area contributed by atoms with Crippen LogP contribution in [0.3, 0.4) is 0 Å². The fourth-order valence-electron chi connectivity index (χ4n) is 2.88. The lowest BCUT2D eigenvalue weighted by Crippen LogP contribution is -2.26. The molecule has 0 aliphatic carbocycles. The minimum Gasteiger partial charge on any atom is -0.444 e. The predicted molar refractivity (Wildman–Crippen MR) is 100 cm³/mol. The Morgan fingerprint density at radius 1 is 1.38 bits per heavy atom. The second kappa shape index (κ2) is 7.01. The highest BCUT2D eigenvalue weighted by Crippen LogP contribution is 2.29. The standard InChI is InChI=1S/C18H22N6O2/c1-11-8-14(24-10-12(2)26-18(24)25)5-6-15(11)13-4-7-16(21-9-13)17(19)22-23(3)20/h4-9,12H,10,20H2,1-3H3,(H2,19,22)/t12-/m0/s1. The van der Waals surface area contributed by atoms with E-state index in [0.29, 0.717) is 12.2 Å². The number of carbonyl (C=O) groups excluding carboxylic acids is 1. The number of carbonyl (C=O) groups is 1. The van der Waals surface area contributed by atoms with Crippen molar-refractivity contribution in [3.8, 4) is 11.1 Å². The molecule has 0 unspecified atom stereocenters. The van der Waals surface area contributed by atoms with Crippen molar-refractivity contribution in [1.29, 1.82) is 0 Å². The van der Waals surface area contributed by atoms with E-state index in [-0.39, 0.29) is 18.0 Å². The Hall–Kier alpha value is -3.13. The number of nitrogens with zero attached hydrogens (tertiary/aromatic N) is 4. The van der Waals surface area contributed by atoms with Gasteiger partial charge in [0.05, 0.1) is 6.54 Å². The summed E-state index contributed by atoms with van der Waals surface area (Å²) in [5.41, 5.74) is 10.2. The van der Waals surface area contributed by atoms with Gasteiger partial charge in [0.2, 0.25) is 0 Å². The number of anilines is 1. The topological polar surface area (TPSA) is 110 Å². The molecular weight excluding hydrogens is 332 g/mol. The van der Waals surface area contributed by atoms with Gasteiger partial charge in [0.1, 0.15) is 11.8 Å². The normalized spacial score (nSPS) is 17.4. The third kappa shape index (κ3) is 3.60. The predicted octanol–water partition coefficient (Wildman–Crippen LogP) is 1.83. The lowest BCUT2D eigenvalue weighted by molar-refractivity contribution is 0.150. The van der Waals surface area contributed by atoms with Crippen LogP contribution >= 0.6 is 0 Å². The molecule has 3 rings (SSSR count). The van der Waals surface area contributed by atoms with Gasteiger partial charge >= 0.3 is 6.09 Å². The lowest BCUT2D eigenvalue weighted by Gasteiger charge is -2.15. The van der Waals surface area contributed by atoms with Gasteiger partial charge in [-0.3, -0.25) is 9.88 Å². The van der Waals surface area contributed by atoms with E-state index in [4.69, 9.17) is 16.3 Å². The number of amidine groups is 1. The lowest BCUT2D eigenvalue weighted by atomic mass is 10.0. The Balaban J connectivity index is 1.85. The molecule has 136 valence electrons. The number of amides is 1. The molecule has 2 aromatic rings. The molecule has 26 heavy (non-hydrogen) atoms. The summed E-state index contributed by atoms with van der Waals surface area (Å²) in [6.07, 6.45) is 1.33. The molecule has 0 saturated carbocycles. The Kier molecular flexibility index (Phi) is 4.77. The average molecular weight is 354 g/mol. The van der Waals surface area contributed by atoms with Gasteiger partial charge in [-0.25, -0.2) is 15.8 Å². The van der Waals surface area contributed by atoms with Crippen LogP contribution in [-0.2, 0) is 4.74 Å². The Bertz CT molecular complexity index is 847. The summed E-state index contributed by atoms with van der Waals surface area (Å²) in [6.45, 7) is 4.43. The van der Waals surface area contributed by atoms with Gasteiger partial charge in [-0.1, -0.05) is 12.1 Å². The van der Waals surface area contributed by atoms with Crippen molar-refractivity contribution in [2.75, 3.05) is 18.5 Å². The van der Waals surface area contributed by atoms with Crippen LogP contribution in [0.15, 0.2) is 41.6 Å². The zero-order chi connectivity index (χ0) is 18.8. The van der Waals surface area contributed by atoms with E-state index >= 15 is 0 Å². The van der Waals surface area contributed by atoms with Crippen molar-refractivity contribution >= 4 is 17.6 Å². The number of aromatic nitrogens is 1. The number of hydrazine groups is 1. The highest BCUT2D eigenvalue weighted by atomic mass is 16.6. The molecule has 1 aromatic carbocycles. The van der Waals surface area contributed by atoms with Crippen LogP contribution in [0.2, 0.25) is 0 Å². The zero-order valence-corrected chi connectivity index (χ0v) is 15.0. The summed E-state index contributed by atoms with van der Waals surface area (Å²) in [4.78, 5) is 17.9. The van der Waals surface area contributed by atoms with Crippen LogP contribution in [0.25, 0.3) is 11.1 Å². The van der Waals surface area contributed by atoms with Gasteiger partial charge < -0.3 is 10.5 Å². The highest BCUT2D eigenvalue weighted by Gasteiger charge is 2.29. The Labute approximate surface area is 152 Å². The number of hydrogen-bond acceptors (Lipinski definition) is 6. The second-order valence-corrected chi connectivity index (χ2v) is 6.30. The molecule has 1 aliphatic rings. The number of hydrogen-bond donors (Lipinski definition) is 2. The summed E-state index contributed by atoms with van der Waals surface area (Å²) in [7, 11) is 1.59. The molecule has 0 radical (unpaired) electrons. The third-order valence-electron chi connectivity index (χ3n) is 4.09. The molecular formula is C18H22N6O2. The number of cyclic esters (lactones) is 1. The molecule has 1 aliphatic heterocycles. The molecule has 1 aromatic heterocycles. The quantitative estimate of drug-likeness (QED) is 0.375. The van der Waals surface area contributed by atoms with Crippen molar-refractivity contribution in [3.63, 3.8) is 0 Å². The summed E-state index contributed by atoms with van der Waals surface area (Å²) in [5, 5.41) is 5.07. The molecule has 0 bridgehead atoms. The zero-order valence-electron chi connectivity index (χ0n) is 15.0. The molecule has 1 amide bonds. The Morgan fingerprint density at radius 3 is 2.69 bits per heavy atom. The van der Waals surface area contributed by atoms with Crippen LogP contribution in [-0.4, -0.2) is 41.7 Å². The molecule has 1 fully saturated rings. The van der Waals surface area contributed by atoms with Crippen molar-refractivity contribution in [2.45, 2.75) is 20.0 Å². The van der Waals surface area contributed by atoms with Gasteiger partial charge in [-0.05, 0) is 43.2 Å². The van der Waals surface area contributed by atoms with Crippen molar-refractivity contribution < 1.29 is 9.53 Å². The van der Waals surface area contributed by atoms with Gasteiger partial charge in [-0.2, -0.15) is 0 Å². The highest BCUT2D eigenvalue weighted by molar-refractivity contribution is 5.95. The maximum Gasteiger partial charge on any atom is 0.414 e. The van der Waals surface area contributed by atoms with Gasteiger partial charge in [-0.15, -0.1) is 5.10 Å². The fraction of sp³-hybridized carbons (Fsp3) is 0.278. The van der Waals surface area contributed by atoms with Crippen molar-refractivity contribution in [3.05, 3.63) is 47.8 Å². The largest absolute Gasteiger partial charge is 0.444 e. The van der Waals surface area contributed by atoms with Crippen molar-refractivity contribution in [1.82, 2.24) is 10.1 Å². The van der Waals surface area contributed by atoms with E-state index in [1.807, 2.05) is 38.1 Å². The van der Waals surface area contributed by atoms with Gasteiger partial charge in [0.15, 0.2) is 5.84 Å². The average Bonchev–Trinajstić information content (AvgIpc) is 2.93. The van der Waals surface area contributed by atoms with Crippen LogP contribution in [0, 0.1) is 6.92 Å². The number of rotatable bonds is 4.